The minimum Gasteiger partial charge on any atom is -0.376 e. The van der Waals surface area contributed by atoms with Crippen molar-refractivity contribution in [2.75, 3.05) is 24.2 Å². The van der Waals surface area contributed by atoms with E-state index in [-0.39, 0.29) is 24.9 Å². The van der Waals surface area contributed by atoms with Crippen LogP contribution in [-0.4, -0.2) is 35.2 Å². The third kappa shape index (κ3) is 4.64. The number of nitrogens with zero attached hydrogens (tertiary/aromatic N) is 2. The Morgan fingerprint density at radius 1 is 1.14 bits per heavy atom. The molecule has 0 saturated carbocycles. The molecule has 0 atom stereocenters. The fourth-order valence-electron chi connectivity index (χ4n) is 1.68. The van der Waals surface area contributed by atoms with Gasteiger partial charge in [0.2, 0.25) is 11.8 Å². The summed E-state index contributed by atoms with van der Waals surface area (Å²) in [5, 5.41) is 12.2. The number of benzene rings is 1. The van der Waals surface area contributed by atoms with Gasteiger partial charge in [-0.05, 0) is 12.1 Å². The minimum absolute atomic E-state index is 0.120. The molecule has 21 heavy (non-hydrogen) atoms. The molecule has 0 aliphatic rings. The van der Waals surface area contributed by atoms with Crippen molar-refractivity contribution in [2.45, 2.75) is 6.54 Å². The lowest BCUT2D eigenvalue weighted by Gasteiger charge is -2.05. The van der Waals surface area contributed by atoms with Crippen molar-refractivity contribution < 1.29 is 9.59 Å². The van der Waals surface area contributed by atoms with E-state index >= 15 is 0 Å². The molecular formula is C14H17N5O2. The van der Waals surface area contributed by atoms with Gasteiger partial charge in [0.1, 0.15) is 6.54 Å². The Bertz CT molecular complexity index is 609. The van der Waals surface area contributed by atoms with Crippen LogP contribution in [0.3, 0.4) is 0 Å². The number of rotatable bonds is 6. The van der Waals surface area contributed by atoms with E-state index in [4.69, 9.17) is 0 Å². The van der Waals surface area contributed by atoms with Gasteiger partial charge in [-0.25, -0.2) is 0 Å². The molecule has 0 fully saturated rings. The Hall–Kier alpha value is -2.83. The topological polar surface area (TPSA) is 88.0 Å². The van der Waals surface area contributed by atoms with Crippen molar-refractivity contribution in [1.82, 2.24) is 15.1 Å². The molecule has 0 radical (unpaired) electrons. The van der Waals surface area contributed by atoms with Crippen molar-refractivity contribution in [3.05, 3.63) is 42.7 Å². The molecule has 0 spiro atoms. The molecule has 0 aliphatic heterocycles. The van der Waals surface area contributed by atoms with Gasteiger partial charge in [-0.3, -0.25) is 14.3 Å². The second-order valence-electron chi connectivity index (χ2n) is 4.37. The van der Waals surface area contributed by atoms with Crippen LogP contribution in [0.4, 0.5) is 11.4 Å². The Balaban J connectivity index is 1.81. The number of nitrogens with one attached hydrogen (secondary N) is 3. The zero-order valence-electron chi connectivity index (χ0n) is 11.7. The van der Waals surface area contributed by atoms with E-state index < -0.39 is 0 Å². The molecular weight excluding hydrogens is 270 g/mol. The summed E-state index contributed by atoms with van der Waals surface area (Å²) in [4.78, 5) is 23.0. The van der Waals surface area contributed by atoms with Crippen LogP contribution in [0.2, 0.25) is 0 Å². The average molecular weight is 287 g/mol. The Morgan fingerprint density at radius 3 is 2.62 bits per heavy atom. The third-order valence-electron chi connectivity index (χ3n) is 2.73. The van der Waals surface area contributed by atoms with Crippen LogP contribution in [0.5, 0.6) is 0 Å². The van der Waals surface area contributed by atoms with Gasteiger partial charge in [-0.15, -0.1) is 0 Å². The fraction of sp³-hybridized carbons (Fsp3) is 0.214. The zero-order chi connectivity index (χ0) is 15.1. The van der Waals surface area contributed by atoms with Crippen LogP contribution in [-0.2, 0) is 16.1 Å². The molecule has 7 nitrogen and oxygen atoms in total. The second-order valence-corrected chi connectivity index (χ2v) is 4.37. The molecule has 0 bridgehead atoms. The summed E-state index contributed by atoms with van der Waals surface area (Å²) in [7, 11) is 1.56. The number of aromatic nitrogens is 2. The van der Waals surface area contributed by atoms with Gasteiger partial charge in [-0.1, -0.05) is 18.2 Å². The summed E-state index contributed by atoms with van der Waals surface area (Å²) in [5.41, 5.74) is 1.43. The summed E-state index contributed by atoms with van der Waals surface area (Å²) in [6.45, 7) is 0.277. The van der Waals surface area contributed by atoms with E-state index in [2.05, 4.69) is 21.0 Å². The Labute approximate surface area is 122 Å². The lowest BCUT2D eigenvalue weighted by Crippen LogP contribution is -2.23. The van der Waals surface area contributed by atoms with Crippen molar-refractivity contribution in [3.8, 4) is 0 Å². The normalized spacial score (nSPS) is 9.95. The van der Waals surface area contributed by atoms with E-state index in [0.717, 1.165) is 5.69 Å². The minimum atomic E-state index is -0.182. The molecule has 3 N–H and O–H groups in total. The second kappa shape index (κ2) is 7.09. The van der Waals surface area contributed by atoms with Crippen LogP contribution in [0.1, 0.15) is 0 Å². The highest BCUT2D eigenvalue weighted by Gasteiger charge is 2.06. The molecule has 0 aliphatic carbocycles. The van der Waals surface area contributed by atoms with E-state index in [9.17, 15) is 9.59 Å². The van der Waals surface area contributed by atoms with Crippen molar-refractivity contribution in [3.63, 3.8) is 0 Å². The van der Waals surface area contributed by atoms with Gasteiger partial charge in [0.25, 0.3) is 0 Å². The first kappa shape index (κ1) is 14.6. The quantitative estimate of drug-likeness (QED) is 0.729. The SMILES string of the molecule is CNC(=O)Cn1cc(NC(=O)CNc2ccccc2)cn1. The maximum atomic E-state index is 11.8. The van der Waals surface area contributed by atoms with E-state index in [1.54, 1.807) is 13.2 Å². The maximum Gasteiger partial charge on any atom is 0.243 e. The van der Waals surface area contributed by atoms with Crippen LogP contribution in [0.15, 0.2) is 42.7 Å². The molecule has 110 valence electrons. The molecule has 2 aromatic rings. The first-order valence-electron chi connectivity index (χ1n) is 6.49. The number of anilines is 2. The fourth-order valence-corrected chi connectivity index (χ4v) is 1.68. The van der Waals surface area contributed by atoms with Crippen molar-refractivity contribution in [1.29, 1.82) is 0 Å². The molecule has 0 saturated heterocycles. The van der Waals surface area contributed by atoms with E-state index in [1.165, 1.54) is 10.9 Å². The smallest absolute Gasteiger partial charge is 0.243 e. The standard InChI is InChI=1S/C14H17N5O2/c1-15-14(21)10-19-9-12(7-17-19)18-13(20)8-16-11-5-3-2-4-6-11/h2-7,9,16H,8,10H2,1H3,(H,15,21)(H,18,20). The summed E-state index contributed by atoms with van der Waals surface area (Å²) >= 11 is 0. The van der Waals surface area contributed by atoms with E-state index in [1.807, 2.05) is 30.3 Å². The average Bonchev–Trinajstić information content (AvgIpc) is 2.93. The van der Waals surface area contributed by atoms with Gasteiger partial charge in [0.05, 0.1) is 18.4 Å². The van der Waals surface area contributed by atoms with Crippen LogP contribution in [0, 0.1) is 0 Å². The predicted octanol–water partition coefficient (Wildman–Crippen LogP) is 0.680. The highest BCUT2D eigenvalue weighted by atomic mass is 16.2. The van der Waals surface area contributed by atoms with Gasteiger partial charge in [-0.2, -0.15) is 5.10 Å². The molecule has 1 heterocycles. The van der Waals surface area contributed by atoms with Gasteiger partial charge >= 0.3 is 0 Å². The van der Waals surface area contributed by atoms with Crippen LogP contribution in [0.25, 0.3) is 0 Å². The number of amides is 2. The van der Waals surface area contributed by atoms with Gasteiger partial charge < -0.3 is 16.0 Å². The Morgan fingerprint density at radius 2 is 1.90 bits per heavy atom. The van der Waals surface area contributed by atoms with Gasteiger partial charge in [0.15, 0.2) is 0 Å². The first-order valence-corrected chi connectivity index (χ1v) is 6.49. The number of para-hydroxylation sites is 1. The first-order chi connectivity index (χ1) is 10.2. The molecule has 0 unspecified atom stereocenters. The monoisotopic (exact) mass is 287 g/mol. The van der Waals surface area contributed by atoms with Crippen LogP contribution < -0.4 is 16.0 Å². The number of carbonyl (C=O) groups excluding carboxylic acids is 2. The molecule has 2 amide bonds. The van der Waals surface area contributed by atoms with Gasteiger partial charge in [0, 0.05) is 18.9 Å². The van der Waals surface area contributed by atoms with Crippen molar-refractivity contribution >= 4 is 23.2 Å². The highest BCUT2D eigenvalue weighted by molar-refractivity contribution is 5.93. The predicted molar refractivity (Wildman–Crippen MR) is 79.9 cm³/mol. The summed E-state index contributed by atoms with van der Waals surface area (Å²) in [6.07, 6.45) is 3.11. The molecule has 1 aromatic carbocycles. The zero-order valence-corrected chi connectivity index (χ0v) is 11.7. The number of hydrogen-bond donors (Lipinski definition) is 3. The largest absolute Gasteiger partial charge is 0.376 e. The summed E-state index contributed by atoms with van der Waals surface area (Å²) < 4.78 is 1.46. The van der Waals surface area contributed by atoms with Crippen LogP contribution >= 0.6 is 0 Å². The maximum absolute atomic E-state index is 11.8. The lowest BCUT2D eigenvalue weighted by atomic mass is 10.3. The highest BCUT2D eigenvalue weighted by Crippen LogP contribution is 2.06. The molecule has 2 rings (SSSR count). The number of likely N-dealkylation sites (N-methyl/N-ethyl adjacent to an activating group) is 1. The summed E-state index contributed by atoms with van der Waals surface area (Å²) in [6, 6.07) is 9.46. The summed E-state index contributed by atoms with van der Waals surface area (Å²) in [5.74, 6) is -0.333. The lowest BCUT2D eigenvalue weighted by molar-refractivity contribution is -0.121. The number of carbonyl (C=O) groups is 2. The third-order valence-corrected chi connectivity index (χ3v) is 2.73. The molecule has 1 aromatic heterocycles. The van der Waals surface area contributed by atoms with Crippen molar-refractivity contribution in [2.24, 2.45) is 0 Å². The Kier molecular flexibility index (Phi) is 4.92. The number of hydrogen-bond acceptors (Lipinski definition) is 4. The van der Waals surface area contributed by atoms with E-state index in [0.29, 0.717) is 5.69 Å². The molecule has 7 heteroatoms.